The average Bonchev–Trinajstić information content (AvgIpc) is 1.65. The Morgan fingerprint density at radius 2 is 2.50 bits per heavy atom. The van der Waals surface area contributed by atoms with Crippen LogP contribution in [-0.2, 0) is 4.57 Å². The second-order valence-corrected chi connectivity index (χ2v) is 1.78. The van der Waals surface area contributed by atoms with Crippen molar-refractivity contribution in [2.24, 2.45) is 5.73 Å². The van der Waals surface area contributed by atoms with Crippen molar-refractivity contribution in [3.63, 3.8) is 0 Å². The van der Waals surface area contributed by atoms with Crippen molar-refractivity contribution in [3.05, 3.63) is 12.7 Å². The van der Waals surface area contributed by atoms with Crippen LogP contribution in [0.1, 0.15) is 0 Å². The van der Waals surface area contributed by atoms with Crippen LogP contribution >= 0.6 is 8.46 Å². The topological polar surface area (TPSA) is 43.1 Å². The van der Waals surface area contributed by atoms with Crippen LogP contribution in [0.3, 0.4) is 0 Å². The van der Waals surface area contributed by atoms with Gasteiger partial charge in [0.1, 0.15) is 0 Å². The molecule has 0 spiro atoms. The third kappa shape index (κ3) is 2.06. The highest BCUT2D eigenvalue weighted by atomic mass is 31.1. The maximum Gasteiger partial charge on any atom is 0.347 e. The van der Waals surface area contributed by atoms with Gasteiger partial charge in [0.2, 0.25) is 5.78 Å². The Kier molecular flexibility index (Phi) is 2.91. The van der Waals surface area contributed by atoms with E-state index in [4.69, 9.17) is 5.73 Å². The fraction of sp³-hybridized carbons (Fsp3) is 0.333. The third-order valence-corrected chi connectivity index (χ3v) is 0.898. The molecule has 0 saturated heterocycles. The Balaban J connectivity index is 3.21. The lowest BCUT2D eigenvalue weighted by Gasteiger charge is -1.74. The zero-order chi connectivity index (χ0) is 4.99. The highest BCUT2D eigenvalue weighted by Crippen LogP contribution is 1.96. The highest BCUT2D eigenvalue weighted by molar-refractivity contribution is 7.24. The summed E-state index contributed by atoms with van der Waals surface area (Å²) >= 11 is 0. The first kappa shape index (κ1) is 5.80. The minimum absolute atomic E-state index is 0.329. The molecule has 0 aromatic rings. The van der Waals surface area contributed by atoms with E-state index < -0.39 is 8.46 Å². The zero-order valence-electron chi connectivity index (χ0n) is 3.35. The Bertz CT molecular complexity index is 55.8. The van der Waals surface area contributed by atoms with Crippen molar-refractivity contribution in [2.45, 2.75) is 5.78 Å². The molecule has 0 bridgehead atoms. The molecule has 0 aliphatic carbocycles. The number of hydrogen-bond donors (Lipinski definition) is 1. The number of rotatable bonds is 2. The average molecular weight is 104 g/mol. The lowest BCUT2D eigenvalue weighted by molar-refractivity contribution is 0.595. The van der Waals surface area contributed by atoms with Crippen LogP contribution < -0.4 is 5.73 Å². The Labute approximate surface area is 38.2 Å². The van der Waals surface area contributed by atoms with Crippen molar-refractivity contribution in [1.82, 2.24) is 0 Å². The standard InChI is InChI=1S/C3H6NOP/c1-2-3(4)6-5/h2-3H,1,4H2/p+1. The van der Waals surface area contributed by atoms with Gasteiger partial charge in [0.25, 0.3) is 0 Å². The first-order valence-corrected chi connectivity index (χ1v) is 2.55. The molecule has 6 heavy (non-hydrogen) atoms. The van der Waals surface area contributed by atoms with E-state index in [-0.39, 0.29) is 5.78 Å². The van der Waals surface area contributed by atoms with Crippen LogP contribution in [0.2, 0.25) is 0 Å². The predicted octanol–water partition coefficient (Wildman–Crippen LogP) is 0.481. The number of nitrogens with two attached hydrogens (primary N) is 1. The lowest BCUT2D eigenvalue weighted by atomic mass is 10.7. The van der Waals surface area contributed by atoms with Gasteiger partial charge < -0.3 is 0 Å². The van der Waals surface area contributed by atoms with E-state index in [0.29, 0.717) is 0 Å². The largest absolute Gasteiger partial charge is 0.347 e. The summed E-state index contributed by atoms with van der Waals surface area (Å²) in [4.78, 5) is 0. The molecule has 0 fully saturated rings. The van der Waals surface area contributed by atoms with E-state index in [1.807, 2.05) is 0 Å². The quantitative estimate of drug-likeness (QED) is 0.409. The molecular formula is C3H7NOP+. The van der Waals surface area contributed by atoms with E-state index in [1.165, 1.54) is 6.08 Å². The fourth-order valence-corrected chi connectivity index (χ4v) is 0.144. The number of hydrogen-bond acceptors (Lipinski definition) is 2. The van der Waals surface area contributed by atoms with Crippen LogP contribution in [0.5, 0.6) is 0 Å². The molecule has 0 heterocycles. The maximum absolute atomic E-state index is 9.69. The van der Waals surface area contributed by atoms with Gasteiger partial charge in [-0.05, 0) is 6.08 Å². The highest BCUT2D eigenvalue weighted by Gasteiger charge is 1.97. The summed E-state index contributed by atoms with van der Waals surface area (Å²) in [6.45, 7) is 3.31. The Hall–Kier alpha value is -0.200. The fourth-order valence-electron chi connectivity index (χ4n) is 0.0481. The van der Waals surface area contributed by atoms with E-state index >= 15 is 0 Å². The molecule has 3 heteroatoms. The van der Waals surface area contributed by atoms with Crippen LogP contribution in [0.15, 0.2) is 12.7 Å². The third-order valence-electron chi connectivity index (χ3n) is 0.390. The molecule has 2 atom stereocenters. The molecule has 0 radical (unpaired) electrons. The summed E-state index contributed by atoms with van der Waals surface area (Å²) in [6.07, 6.45) is 1.45. The van der Waals surface area contributed by atoms with Crippen LogP contribution in [-0.4, -0.2) is 5.78 Å². The second kappa shape index (κ2) is 3.01. The van der Waals surface area contributed by atoms with Gasteiger partial charge in [0, 0.05) is 0 Å². The van der Waals surface area contributed by atoms with Gasteiger partial charge in [-0.2, -0.15) is 0 Å². The van der Waals surface area contributed by atoms with Gasteiger partial charge in [-0.1, -0.05) is 11.1 Å². The second-order valence-electron chi connectivity index (χ2n) is 0.879. The molecule has 0 saturated carbocycles. The van der Waals surface area contributed by atoms with Gasteiger partial charge in [0.05, 0.1) is 0 Å². The van der Waals surface area contributed by atoms with E-state index in [9.17, 15) is 4.57 Å². The monoisotopic (exact) mass is 104 g/mol. The van der Waals surface area contributed by atoms with Crippen molar-refractivity contribution < 1.29 is 4.57 Å². The minimum Gasteiger partial charge on any atom is -0.284 e. The zero-order valence-corrected chi connectivity index (χ0v) is 4.35. The van der Waals surface area contributed by atoms with Crippen LogP contribution in [0.25, 0.3) is 0 Å². The molecule has 0 amide bonds. The normalized spacial score (nSPS) is 14.2. The van der Waals surface area contributed by atoms with Crippen molar-refractivity contribution >= 4 is 8.46 Å². The van der Waals surface area contributed by atoms with Gasteiger partial charge in [-0.3, -0.25) is 5.73 Å². The molecular weight excluding hydrogens is 97.0 g/mol. The summed E-state index contributed by atoms with van der Waals surface area (Å²) < 4.78 is 9.69. The van der Waals surface area contributed by atoms with Gasteiger partial charge in [-0.25, -0.2) is 0 Å². The molecule has 2 nitrogen and oxygen atoms in total. The first-order chi connectivity index (χ1) is 2.81. The van der Waals surface area contributed by atoms with E-state index in [0.717, 1.165) is 0 Å². The van der Waals surface area contributed by atoms with Crippen LogP contribution in [0, 0.1) is 0 Å². The molecule has 2 unspecified atom stereocenters. The molecule has 0 aromatic heterocycles. The van der Waals surface area contributed by atoms with Crippen molar-refractivity contribution in [2.75, 3.05) is 0 Å². The first-order valence-electron chi connectivity index (χ1n) is 1.57. The molecule has 0 rings (SSSR count). The molecule has 0 aliphatic rings. The van der Waals surface area contributed by atoms with Gasteiger partial charge >= 0.3 is 8.46 Å². The van der Waals surface area contributed by atoms with E-state index in [2.05, 4.69) is 6.58 Å². The smallest absolute Gasteiger partial charge is 0.284 e. The minimum atomic E-state index is -0.459. The van der Waals surface area contributed by atoms with Crippen LogP contribution in [0.4, 0.5) is 0 Å². The summed E-state index contributed by atoms with van der Waals surface area (Å²) in [5, 5.41) is 0. The van der Waals surface area contributed by atoms with E-state index in [1.54, 1.807) is 0 Å². The van der Waals surface area contributed by atoms with Gasteiger partial charge in [0.15, 0.2) is 0 Å². The predicted molar refractivity (Wildman–Crippen MR) is 27.2 cm³/mol. The van der Waals surface area contributed by atoms with Crippen molar-refractivity contribution in [3.8, 4) is 0 Å². The molecule has 0 aliphatic heterocycles. The van der Waals surface area contributed by atoms with Gasteiger partial charge in [-0.15, -0.1) is 0 Å². The molecule has 2 N–H and O–H groups in total. The van der Waals surface area contributed by atoms with Crippen molar-refractivity contribution in [1.29, 1.82) is 0 Å². The molecule has 34 valence electrons. The maximum atomic E-state index is 9.69. The Morgan fingerprint density at radius 1 is 2.00 bits per heavy atom. The summed E-state index contributed by atoms with van der Waals surface area (Å²) in [5.41, 5.74) is 5.05. The summed E-state index contributed by atoms with van der Waals surface area (Å²) in [7, 11) is -0.459. The summed E-state index contributed by atoms with van der Waals surface area (Å²) in [5.74, 6) is -0.329. The SMILES string of the molecule is C=CC(N)[PH+]=O. The Morgan fingerprint density at radius 3 is 2.50 bits per heavy atom. The lowest BCUT2D eigenvalue weighted by Crippen LogP contribution is -2.05. The molecule has 0 aromatic carbocycles. The summed E-state index contributed by atoms with van der Waals surface area (Å²) in [6, 6.07) is 0.